The molecule has 0 aliphatic carbocycles. The van der Waals surface area contributed by atoms with E-state index in [0.717, 1.165) is 47.0 Å². The van der Waals surface area contributed by atoms with Crippen LogP contribution < -0.4 is 10.6 Å². The van der Waals surface area contributed by atoms with Crippen molar-refractivity contribution < 1.29 is 4.42 Å². The largest absolute Gasteiger partial charge is 0.456 e. The molecule has 0 saturated carbocycles. The fourth-order valence-corrected chi connectivity index (χ4v) is 2.55. The maximum Gasteiger partial charge on any atom is 0.135 e. The Balaban J connectivity index is 1.76. The van der Waals surface area contributed by atoms with Crippen molar-refractivity contribution in [3.63, 3.8) is 0 Å². The third kappa shape index (κ3) is 4.53. The van der Waals surface area contributed by atoms with E-state index in [0.29, 0.717) is 0 Å². The van der Waals surface area contributed by atoms with Crippen LogP contribution in [0.2, 0.25) is 0 Å². The maximum absolute atomic E-state index is 6.01. The lowest BCUT2D eigenvalue weighted by Crippen LogP contribution is -2.20. The van der Waals surface area contributed by atoms with E-state index in [-0.39, 0.29) is 0 Å². The van der Waals surface area contributed by atoms with Gasteiger partial charge in [-0.05, 0) is 76.7 Å². The van der Waals surface area contributed by atoms with Crippen molar-refractivity contribution in [1.82, 2.24) is 9.80 Å². The molecule has 5 heteroatoms. The van der Waals surface area contributed by atoms with Crippen LogP contribution in [0, 0.1) is 0 Å². The smallest absolute Gasteiger partial charge is 0.135 e. The molecule has 0 radical (unpaired) electrons. The van der Waals surface area contributed by atoms with Gasteiger partial charge in [-0.15, -0.1) is 0 Å². The van der Waals surface area contributed by atoms with E-state index >= 15 is 0 Å². The van der Waals surface area contributed by atoms with Gasteiger partial charge in [-0.1, -0.05) is 0 Å². The number of anilines is 2. The summed E-state index contributed by atoms with van der Waals surface area (Å²) in [5.41, 5.74) is 4.18. The van der Waals surface area contributed by atoms with Gasteiger partial charge in [0.25, 0.3) is 0 Å². The highest BCUT2D eigenvalue weighted by atomic mass is 16.3. The van der Waals surface area contributed by atoms with Crippen LogP contribution in [0.3, 0.4) is 0 Å². The highest BCUT2D eigenvalue weighted by molar-refractivity contribution is 5.85. The van der Waals surface area contributed by atoms with Crippen LogP contribution in [0.5, 0.6) is 0 Å². The number of hydrogen-bond donors (Lipinski definition) is 2. The molecule has 3 aromatic rings. The van der Waals surface area contributed by atoms with Crippen LogP contribution in [-0.2, 0) is 0 Å². The first-order valence-corrected chi connectivity index (χ1v) is 8.42. The Morgan fingerprint density at radius 2 is 1.36 bits per heavy atom. The van der Waals surface area contributed by atoms with Gasteiger partial charge in [-0.25, -0.2) is 0 Å². The van der Waals surface area contributed by atoms with E-state index in [2.05, 4.69) is 56.8 Å². The first-order valence-electron chi connectivity index (χ1n) is 8.42. The Labute approximate surface area is 149 Å². The zero-order valence-electron chi connectivity index (χ0n) is 15.3. The van der Waals surface area contributed by atoms with Crippen molar-refractivity contribution in [3.8, 4) is 11.3 Å². The summed E-state index contributed by atoms with van der Waals surface area (Å²) in [5, 5.41) is 7.86. The van der Waals surface area contributed by atoms with Crippen molar-refractivity contribution in [1.29, 1.82) is 0 Å². The molecule has 0 atom stereocenters. The summed E-state index contributed by atoms with van der Waals surface area (Å²) in [4.78, 5) is 4.19. The van der Waals surface area contributed by atoms with Crippen LogP contribution in [0.1, 0.15) is 0 Å². The molecule has 0 bridgehead atoms. The Hall–Kier alpha value is -2.50. The lowest BCUT2D eigenvalue weighted by Gasteiger charge is -2.12. The van der Waals surface area contributed by atoms with Crippen molar-refractivity contribution >= 4 is 22.3 Å². The van der Waals surface area contributed by atoms with Crippen LogP contribution in [0.25, 0.3) is 22.3 Å². The summed E-state index contributed by atoms with van der Waals surface area (Å²) in [7, 11) is 8.16. The van der Waals surface area contributed by atoms with Crippen molar-refractivity contribution in [2.45, 2.75) is 0 Å². The first-order chi connectivity index (χ1) is 12.0. The molecule has 2 aromatic carbocycles. The number of fused-ring (bicyclic) bond motifs is 1. The Bertz CT molecular complexity index is 821. The second-order valence-electron chi connectivity index (χ2n) is 6.77. The molecule has 2 N–H and O–H groups in total. The number of furan rings is 1. The molecule has 0 spiro atoms. The second-order valence-corrected chi connectivity index (χ2v) is 6.77. The molecule has 0 aliphatic heterocycles. The van der Waals surface area contributed by atoms with Gasteiger partial charge in [-0.3, -0.25) is 9.80 Å². The van der Waals surface area contributed by atoms with E-state index in [1.807, 2.05) is 40.3 Å². The fraction of sp³-hybridized carbons (Fsp3) is 0.300. The summed E-state index contributed by atoms with van der Waals surface area (Å²) >= 11 is 0. The lowest BCUT2D eigenvalue weighted by atomic mass is 10.1. The first kappa shape index (κ1) is 17.3. The van der Waals surface area contributed by atoms with Gasteiger partial charge in [0.15, 0.2) is 0 Å². The molecule has 1 heterocycles. The van der Waals surface area contributed by atoms with E-state index < -0.39 is 0 Å². The molecule has 0 unspecified atom stereocenters. The van der Waals surface area contributed by atoms with Gasteiger partial charge in [-0.2, -0.15) is 0 Å². The molecule has 132 valence electrons. The van der Waals surface area contributed by atoms with Crippen LogP contribution >= 0.6 is 0 Å². The molecule has 0 saturated heterocycles. The molecule has 0 aliphatic rings. The predicted octanol–water partition coefficient (Wildman–Crippen LogP) is 3.96. The third-order valence-electron chi connectivity index (χ3n) is 3.88. The van der Waals surface area contributed by atoms with Gasteiger partial charge in [0.1, 0.15) is 11.3 Å². The van der Waals surface area contributed by atoms with Gasteiger partial charge >= 0.3 is 0 Å². The lowest BCUT2D eigenvalue weighted by molar-refractivity contribution is 0.440. The average molecular weight is 338 g/mol. The molecule has 0 fully saturated rings. The Morgan fingerprint density at radius 3 is 2.00 bits per heavy atom. The zero-order valence-corrected chi connectivity index (χ0v) is 15.3. The summed E-state index contributed by atoms with van der Waals surface area (Å²) in [6, 6.07) is 16.6. The van der Waals surface area contributed by atoms with E-state index in [1.165, 1.54) is 0 Å². The molecular formula is C20H26N4O. The highest BCUT2D eigenvalue weighted by Crippen LogP contribution is 2.30. The summed E-state index contributed by atoms with van der Waals surface area (Å²) in [5.74, 6) is 0.888. The Morgan fingerprint density at radius 1 is 0.760 bits per heavy atom. The average Bonchev–Trinajstić information content (AvgIpc) is 3.01. The SMILES string of the molecule is CN(C)CNc1ccc(-c2cc3cc(NCN(C)C)ccc3o2)cc1. The summed E-state index contributed by atoms with van der Waals surface area (Å²) in [6.45, 7) is 1.62. The van der Waals surface area contributed by atoms with Gasteiger partial charge < -0.3 is 15.1 Å². The monoisotopic (exact) mass is 338 g/mol. The standard InChI is InChI=1S/C20H26N4O/c1-23(2)13-21-17-7-5-15(6-8-17)20-12-16-11-18(22-14-24(3)4)9-10-19(16)25-20/h5-12,21-22H,13-14H2,1-4H3. The number of hydrogen-bond acceptors (Lipinski definition) is 5. The minimum Gasteiger partial charge on any atom is -0.456 e. The normalized spacial score (nSPS) is 11.4. The molecule has 3 rings (SSSR count). The van der Waals surface area contributed by atoms with Gasteiger partial charge in [0, 0.05) is 22.3 Å². The van der Waals surface area contributed by atoms with Crippen molar-refractivity contribution in [3.05, 3.63) is 48.5 Å². The van der Waals surface area contributed by atoms with E-state index in [1.54, 1.807) is 0 Å². The number of rotatable bonds is 7. The Kier molecular flexibility index (Phi) is 5.26. The van der Waals surface area contributed by atoms with Crippen LogP contribution in [-0.4, -0.2) is 51.3 Å². The third-order valence-corrected chi connectivity index (χ3v) is 3.88. The number of nitrogens with zero attached hydrogens (tertiary/aromatic N) is 2. The zero-order chi connectivity index (χ0) is 17.8. The van der Waals surface area contributed by atoms with Crippen molar-refractivity contribution in [2.24, 2.45) is 0 Å². The molecule has 1 aromatic heterocycles. The fourth-order valence-electron chi connectivity index (χ4n) is 2.55. The summed E-state index contributed by atoms with van der Waals surface area (Å²) < 4.78 is 6.01. The molecular weight excluding hydrogens is 312 g/mol. The van der Waals surface area contributed by atoms with Crippen molar-refractivity contribution in [2.75, 3.05) is 52.2 Å². The summed E-state index contributed by atoms with van der Waals surface area (Å²) in [6.07, 6.45) is 0. The number of nitrogens with one attached hydrogen (secondary N) is 2. The number of benzene rings is 2. The minimum atomic E-state index is 0.803. The van der Waals surface area contributed by atoms with E-state index in [4.69, 9.17) is 4.42 Å². The predicted molar refractivity (Wildman–Crippen MR) is 106 cm³/mol. The van der Waals surface area contributed by atoms with Crippen LogP contribution in [0.4, 0.5) is 11.4 Å². The highest BCUT2D eigenvalue weighted by Gasteiger charge is 2.07. The molecule has 25 heavy (non-hydrogen) atoms. The maximum atomic E-state index is 6.01. The minimum absolute atomic E-state index is 0.803. The topological polar surface area (TPSA) is 43.7 Å². The molecule has 0 amide bonds. The van der Waals surface area contributed by atoms with Gasteiger partial charge in [0.2, 0.25) is 0 Å². The van der Waals surface area contributed by atoms with Crippen LogP contribution in [0.15, 0.2) is 52.9 Å². The quantitative estimate of drug-likeness (QED) is 0.638. The van der Waals surface area contributed by atoms with Gasteiger partial charge in [0.05, 0.1) is 13.3 Å². The second kappa shape index (κ2) is 7.59. The van der Waals surface area contributed by atoms with E-state index in [9.17, 15) is 0 Å². The molecule has 5 nitrogen and oxygen atoms in total.